The van der Waals surface area contributed by atoms with E-state index in [0.717, 1.165) is 12.8 Å². The zero-order chi connectivity index (χ0) is 17.2. The Hall–Kier alpha value is 0.104. The molecule has 0 rings (SSSR count). The van der Waals surface area contributed by atoms with Gasteiger partial charge in [-0.25, -0.2) is 0 Å². The summed E-state index contributed by atoms with van der Waals surface area (Å²) in [6.45, 7) is 2.27. The van der Waals surface area contributed by atoms with Gasteiger partial charge in [0.15, 0.2) is 0 Å². The van der Waals surface area contributed by atoms with Gasteiger partial charge in [0.05, 0.1) is 0 Å². The maximum atomic E-state index is 11.1. The molecule has 5 heteroatoms. The van der Waals surface area contributed by atoms with Gasteiger partial charge in [-0.05, 0) is 0 Å². The zero-order valence-corrected chi connectivity index (χ0v) is 16.7. The molecule has 23 heavy (non-hydrogen) atoms. The summed E-state index contributed by atoms with van der Waals surface area (Å²) in [4.78, 5) is 0. The van der Waals surface area contributed by atoms with Gasteiger partial charge in [-0.1, -0.05) is 39.0 Å². The normalized spacial score (nSPS) is 11.9. The Kier molecular flexibility index (Phi) is 17.0. The molecule has 0 bridgehead atoms. The summed E-state index contributed by atoms with van der Waals surface area (Å²) < 4.78 is 26.2. The number of hydrogen-bond acceptors (Lipinski definition) is 4. The van der Waals surface area contributed by atoms with Gasteiger partial charge in [0.25, 0.3) is 0 Å². The molecule has 4 nitrogen and oxygen atoms in total. The fraction of sp³-hybridized carbons (Fsp3) is 1.00. The van der Waals surface area contributed by atoms with Gasteiger partial charge in [-0.15, -0.1) is 0 Å². The molecule has 0 saturated heterocycles. The number of rotatable bonds is 18. The summed E-state index contributed by atoms with van der Waals surface area (Å²) in [5.74, 6) is 4.72. The molecule has 139 valence electrons. The van der Waals surface area contributed by atoms with Gasteiger partial charge in [-0.3, -0.25) is 0 Å². The van der Waals surface area contributed by atoms with Crippen molar-refractivity contribution in [1.82, 2.24) is 0 Å². The van der Waals surface area contributed by atoms with Gasteiger partial charge in [0.2, 0.25) is 0 Å². The van der Waals surface area contributed by atoms with Crippen LogP contribution in [-0.2, 0) is 25.4 Å². The Morgan fingerprint density at radius 3 is 1.22 bits per heavy atom. The van der Waals surface area contributed by atoms with E-state index in [1.807, 2.05) is 0 Å². The van der Waals surface area contributed by atoms with Crippen LogP contribution in [0.25, 0.3) is 0 Å². The molecule has 0 aliphatic heterocycles. The van der Waals surface area contributed by atoms with E-state index in [0.29, 0.717) is 6.42 Å². The van der Waals surface area contributed by atoms with Gasteiger partial charge in [0.1, 0.15) is 0 Å². The molecule has 0 saturated carbocycles. The molecule has 0 heterocycles. The Morgan fingerprint density at radius 1 is 0.609 bits per heavy atom. The molecule has 0 fully saturated rings. The second-order valence-corrected chi connectivity index (χ2v) is 9.68. The first-order valence-electron chi connectivity index (χ1n) is 9.81. The monoisotopic (exact) mass is 368 g/mol. The first kappa shape index (κ1) is 23.1. The van der Waals surface area contributed by atoms with Crippen molar-refractivity contribution in [1.29, 1.82) is 0 Å². The van der Waals surface area contributed by atoms with Crippen molar-refractivity contribution in [3.63, 3.8) is 0 Å². The van der Waals surface area contributed by atoms with Crippen LogP contribution in [0.5, 0.6) is 0 Å². The molecule has 0 amide bonds. The fourth-order valence-corrected chi connectivity index (χ4v) is 4.02. The molecule has 0 unspecified atom stereocenters. The van der Waals surface area contributed by atoms with Crippen LogP contribution in [0.3, 0.4) is 0 Å². The van der Waals surface area contributed by atoms with Crippen LogP contribution in [0.1, 0.15) is 110 Å². The van der Waals surface area contributed by atoms with Crippen LogP contribution >= 0.6 is 0 Å². The topological polar surface area (TPSA) is 69.4 Å². The molecule has 0 aliphatic carbocycles. The third kappa shape index (κ3) is 18.3. The molecular weight excluding hydrogens is 329 g/mol. The Balaban J connectivity index is 3.08. The third-order valence-electron chi connectivity index (χ3n) is 4.45. The minimum absolute atomic E-state index is 0.132. The van der Waals surface area contributed by atoms with E-state index in [1.165, 1.54) is 83.5 Å². The Labute approximate surface area is 146 Å². The van der Waals surface area contributed by atoms with Crippen molar-refractivity contribution in [2.75, 3.05) is 0 Å². The van der Waals surface area contributed by atoms with Crippen molar-refractivity contribution < 1.29 is 25.4 Å². The summed E-state index contributed by atoms with van der Waals surface area (Å²) in [6, 6.07) is 0. The third-order valence-corrected chi connectivity index (χ3v) is 6.30. The molecule has 0 aromatic rings. The van der Waals surface area contributed by atoms with E-state index < -0.39 is 14.3 Å². The minimum atomic E-state index is -4.33. The standard InChI is InChI=1S/C18H37.H2NO.2O.V/c1-3-5-7-9-11-13-15-17-18-16-14-12-10-8-6-4-2;1-2;;;/h1,3-18H2,2H3;1H2;;;/q;-1;;;+1. The van der Waals surface area contributed by atoms with Crippen LogP contribution < -0.4 is 5.90 Å². The Morgan fingerprint density at radius 2 is 0.913 bits per heavy atom. The van der Waals surface area contributed by atoms with E-state index in [2.05, 4.69) is 10.7 Å². The molecule has 0 atom stereocenters. The number of unbranched alkanes of at least 4 members (excludes halogenated alkanes) is 15. The molecule has 0 aliphatic rings. The molecular formula is C18H39NO3V. The van der Waals surface area contributed by atoms with E-state index in [1.54, 1.807) is 0 Å². The summed E-state index contributed by atoms with van der Waals surface area (Å²) in [5, 5.41) is 0.132. The average molecular weight is 368 g/mol. The first-order valence-corrected chi connectivity index (χ1v) is 12.5. The molecule has 0 aromatic carbocycles. The maximum absolute atomic E-state index is 11.1. The van der Waals surface area contributed by atoms with Crippen molar-refractivity contribution in [3.05, 3.63) is 0 Å². The van der Waals surface area contributed by atoms with E-state index >= 15 is 0 Å². The van der Waals surface area contributed by atoms with Crippen molar-refractivity contribution in [2.45, 2.75) is 115 Å². The van der Waals surface area contributed by atoms with Gasteiger partial charge in [-0.2, -0.15) is 0 Å². The SMILES string of the molecule is CCCCCCCCCCCCCCCCC[CH2][V](=[O])(=[O])[O]N. The van der Waals surface area contributed by atoms with Gasteiger partial charge >= 0.3 is 107 Å². The first-order chi connectivity index (χ1) is 11.1. The molecule has 2 N–H and O–H groups in total. The average Bonchev–Trinajstić information content (AvgIpc) is 2.54. The van der Waals surface area contributed by atoms with Crippen molar-refractivity contribution in [2.24, 2.45) is 5.90 Å². The molecule has 0 radical (unpaired) electrons. The predicted molar refractivity (Wildman–Crippen MR) is 91.0 cm³/mol. The molecule has 0 aromatic heterocycles. The van der Waals surface area contributed by atoms with E-state index in [4.69, 9.17) is 5.90 Å². The van der Waals surface area contributed by atoms with Crippen LogP contribution in [0, 0.1) is 0 Å². The summed E-state index contributed by atoms with van der Waals surface area (Å²) in [7, 11) is 0. The zero-order valence-electron chi connectivity index (χ0n) is 15.3. The quantitative estimate of drug-likeness (QED) is 0.227. The summed E-state index contributed by atoms with van der Waals surface area (Å²) in [5.41, 5.74) is 0. The predicted octanol–water partition coefficient (Wildman–Crippen LogP) is 6.32. The van der Waals surface area contributed by atoms with Crippen LogP contribution in [0.4, 0.5) is 0 Å². The van der Waals surface area contributed by atoms with E-state index in [9.17, 15) is 7.35 Å². The van der Waals surface area contributed by atoms with Crippen molar-refractivity contribution >= 4 is 0 Å². The van der Waals surface area contributed by atoms with Crippen LogP contribution in [0.15, 0.2) is 0 Å². The number of hydrogen-bond donors (Lipinski definition) is 1. The fourth-order valence-electron chi connectivity index (χ4n) is 2.91. The van der Waals surface area contributed by atoms with Gasteiger partial charge in [0, 0.05) is 0 Å². The van der Waals surface area contributed by atoms with Crippen molar-refractivity contribution in [3.8, 4) is 0 Å². The van der Waals surface area contributed by atoms with Crippen LogP contribution in [-0.4, -0.2) is 0 Å². The summed E-state index contributed by atoms with van der Waals surface area (Å²) in [6.07, 6.45) is 20.6. The summed E-state index contributed by atoms with van der Waals surface area (Å²) >= 11 is -4.33. The van der Waals surface area contributed by atoms with Crippen LogP contribution in [0.2, 0.25) is 5.13 Å². The van der Waals surface area contributed by atoms with Gasteiger partial charge < -0.3 is 0 Å². The number of nitrogens with two attached hydrogens (primary N) is 1. The Bertz CT molecular complexity index is 331. The molecule has 0 spiro atoms. The van der Waals surface area contributed by atoms with E-state index in [-0.39, 0.29) is 5.13 Å². The second-order valence-electron chi connectivity index (χ2n) is 6.74. The second kappa shape index (κ2) is 16.9.